The van der Waals surface area contributed by atoms with Gasteiger partial charge in [0.25, 0.3) is 0 Å². The fourth-order valence-corrected chi connectivity index (χ4v) is 1.73. The quantitative estimate of drug-likeness (QED) is 0.766. The van der Waals surface area contributed by atoms with Crippen LogP contribution in [0.25, 0.3) is 5.69 Å². The van der Waals surface area contributed by atoms with Crippen LogP contribution in [0.2, 0.25) is 0 Å². The van der Waals surface area contributed by atoms with Crippen molar-refractivity contribution >= 4 is 11.6 Å². The Bertz CT molecular complexity index is 477. The molecule has 2 aromatic heterocycles. The monoisotopic (exact) mass is 235 g/mol. The first-order valence-corrected chi connectivity index (χ1v) is 5.80. The van der Waals surface area contributed by atoms with Crippen molar-refractivity contribution in [2.75, 3.05) is 0 Å². The molecule has 3 nitrogen and oxygen atoms in total. The molecule has 2 heterocycles. The first kappa shape index (κ1) is 11.1. The van der Waals surface area contributed by atoms with Gasteiger partial charge in [0.2, 0.25) is 0 Å². The van der Waals surface area contributed by atoms with Gasteiger partial charge in [0.15, 0.2) is 0 Å². The summed E-state index contributed by atoms with van der Waals surface area (Å²) in [5, 5.41) is 4.52. The van der Waals surface area contributed by atoms with E-state index in [9.17, 15) is 0 Å². The van der Waals surface area contributed by atoms with E-state index in [-0.39, 0.29) is 0 Å². The van der Waals surface area contributed by atoms with Gasteiger partial charge in [0, 0.05) is 24.2 Å². The van der Waals surface area contributed by atoms with Crippen molar-refractivity contribution in [2.45, 2.75) is 25.6 Å². The fraction of sp³-hybridized carbons (Fsp3) is 0.333. The van der Waals surface area contributed by atoms with Crippen LogP contribution in [0.4, 0.5) is 0 Å². The van der Waals surface area contributed by atoms with Crippen LogP contribution in [0, 0.1) is 0 Å². The molecular weight excluding hydrogens is 222 g/mol. The molecule has 0 fully saturated rings. The normalized spacial score (nSPS) is 11.0. The molecular formula is C12H14ClN3. The average Bonchev–Trinajstić information content (AvgIpc) is 2.78. The standard InChI is InChI=1S/C12H14ClN3/c1-9(2)11-4-6-16(15-11)12-3-5-14-8-10(12)7-13/h3-6,8-9H,7H2,1-2H3. The lowest BCUT2D eigenvalue weighted by Crippen LogP contribution is -2.01. The zero-order valence-corrected chi connectivity index (χ0v) is 10.1. The number of nitrogens with zero attached hydrogens (tertiary/aromatic N) is 3. The molecule has 0 aromatic carbocycles. The molecule has 16 heavy (non-hydrogen) atoms. The maximum Gasteiger partial charge on any atom is 0.0720 e. The Labute approximate surface area is 100 Å². The number of pyridine rings is 1. The molecule has 0 amide bonds. The van der Waals surface area contributed by atoms with Crippen LogP contribution < -0.4 is 0 Å². The Balaban J connectivity index is 2.42. The minimum atomic E-state index is 0.433. The van der Waals surface area contributed by atoms with Crippen molar-refractivity contribution < 1.29 is 0 Å². The molecule has 0 aliphatic heterocycles. The predicted octanol–water partition coefficient (Wildman–Crippen LogP) is 3.13. The highest BCUT2D eigenvalue weighted by atomic mass is 35.5. The number of alkyl halides is 1. The van der Waals surface area contributed by atoms with E-state index >= 15 is 0 Å². The maximum absolute atomic E-state index is 5.87. The average molecular weight is 236 g/mol. The van der Waals surface area contributed by atoms with Crippen LogP contribution in [0.1, 0.15) is 31.0 Å². The summed E-state index contributed by atoms with van der Waals surface area (Å²) < 4.78 is 1.86. The second-order valence-electron chi connectivity index (χ2n) is 3.98. The van der Waals surface area contributed by atoms with Gasteiger partial charge >= 0.3 is 0 Å². The van der Waals surface area contributed by atoms with Crippen molar-refractivity contribution in [3.05, 3.63) is 42.0 Å². The molecule has 0 atom stereocenters. The first-order valence-electron chi connectivity index (χ1n) is 5.27. The SMILES string of the molecule is CC(C)c1ccn(-c2ccncc2CCl)n1. The summed E-state index contributed by atoms with van der Waals surface area (Å²) in [4.78, 5) is 4.06. The Morgan fingerprint density at radius 2 is 2.19 bits per heavy atom. The predicted molar refractivity (Wildman–Crippen MR) is 65.0 cm³/mol. The van der Waals surface area contributed by atoms with Gasteiger partial charge < -0.3 is 0 Å². The Hall–Kier alpha value is -1.35. The number of hydrogen-bond donors (Lipinski definition) is 0. The molecule has 0 saturated carbocycles. The van der Waals surface area contributed by atoms with E-state index in [0.717, 1.165) is 16.9 Å². The second-order valence-corrected chi connectivity index (χ2v) is 4.25. The highest BCUT2D eigenvalue weighted by Gasteiger charge is 2.07. The third-order valence-corrected chi connectivity index (χ3v) is 2.76. The van der Waals surface area contributed by atoms with Crippen LogP contribution in [0.5, 0.6) is 0 Å². The van der Waals surface area contributed by atoms with Gasteiger partial charge in [-0.2, -0.15) is 5.10 Å². The fourth-order valence-electron chi connectivity index (χ4n) is 1.53. The molecule has 0 spiro atoms. The van der Waals surface area contributed by atoms with Crippen molar-refractivity contribution in [1.82, 2.24) is 14.8 Å². The summed E-state index contributed by atoms with van der Waals surface area (Å²) in [6, 6.07) is 3.96. The van der Waals surface area contributed by atoms with Crippen molar-refractivity contribution in [3.8, 4) is 5.69 Å². The topological polar surface area (TPSA) is 30.7 Å². The van der Waals surface area contributed by atoms with Gasteiger partial charge in [0.05, 0.1) is 17.3 Å². The van der Waals surface area contributed by atoms with E-state index in [4.69, 9.17) is 11.6 Å². The lowest BCUT2D eigenvalue weighted by molar-refractivity contribution is 0.765. The summed E-state index contributed by atoms with van der Waals surface area (Å²) >= 11 is 5.87. The van der Waals surface area contributed by atoms with Gasteiger partial charge in [-0.15, -0.1) is 11.6 Å². The summed E-state index contributed by atoms with van der Waals surface area (Å²) in [6.07, 6.45) is 5.49. The molecule has 0 unspecified atom stereocenters. The summed E-state index contributed by atoms with van der Waals surface area (Å²) in [7, 11) is 0. The van der Waals surface area contributed by atoms with Gasteiger partial charge in [-0.3, -0.25) is 4.98 Å². The minimum absolute atomic E-state index is 0.433. The van der Waals surface area contributed by atoms with Crippen LogP contribution in [-0.4, -0.2) is 14.8 Å². The molecule has 0 bridgehead atoms. The smallest absolute Gasteiger partial charge is 0.0720 e. The van der Waals surface area contributed by atoms with Crippen LogP contribution in [-0.2, 0) is 5.88 Å². The number of rotatable bonds is 3. The summed E-state index contributed by atoms with van der Waals surface area (Å²) in [6.45, 7) is 4.25. The number of halogens is 1. The molecule has 84 valence electrons. The Kier molecular flexibility index (Phi) is 3.25. The van der Waals surface area contributed by atoms with Gasteiger partial charge in [-0.25, -0.2) is 4.68 Å². The van der Waals surface area contributed by atoms with E-state index in [1.54, 1.807) is 12.4 Å². The minimum Gasteiger partial charge on any atom is -0.264 e. The zero-order chi connectivity index (χ0) is 11.5. The lowest BCUT2D eigenvalue weighted by atomic mass is 10.1. The molecule has 0 aliphatic carbocycles. The number of hydrogen-bond acceptors (Lipinski definition) is 2. The number of aromatic nitrogens is 3. The van der Waals surface area contributed by atoms with Crippen LogP contribution >= 0.6 is 11.6 Å². The summed E-state index contributed by atoms with van der Waals surface area (Å²) in [5.41, 5.74) is 3.07. The molecule has 0 radical (unpaired) electrons. The highest BCUT2D eigenvalue weighted by Crippen LogP contribution is 2.17. The highest BCUT2D eigenvalue weighted by molar-refractivity contribution is 6.17. The maximum atomic E-state index is 5.87. The van der Waals surface area contributed by atoms with E-state index in [1.807, 2.05) is 23.0 Å². The van der Waals surface area contributed by atoms with Crippen molar-refractivity contribution in [3.63, 3.8) is 0 Å². The lowest BCUT2D eigenvalue weighted by Gasteiger charge is -2.06. The molecule has 0 N–H and O–H groups in total. The zero-order valence-electron chi connectivity index (χ0n) is 9.39. The third-order valence-electron chi connectivity index (χ3n) is 2.47. The Morgan fingerprint density at radius 3 is 2.81 bits per heavy atom. The van der Waals surface area contributed by atoms with E-state index < -0.39 is 0 Å². The van der Waals surface area contributed by atoms with E-state index in [0.29, 0.717) is 11.8 Å². The summed E-state index contributed by atoms with van der Waals surface area (Å²) in [5.74, 6) is 0.877. The largest absolute Gasteiger partial charge is 0.264 e. The molecule has 4 heteroatoms. The van der Waals surface area contributed by atoms with Gasteiger partial charge in [-0.05, 0) is 18.1 Å². The van der Waals surface area contributed by atoms with Crippen LogP contribution in [0.15, 0.2) is 30.7 Å². The second kappa shape index (κ2) is 4.66. The Morgan fingerprint density at radius 1 is 1.38 bits per heavy atom. The van der Waals surface area contributed by atoms with Crippen molar-refractivity contribution in [1.29, 1.82) is 0 Å². The molecule has 2 aromatic rings. The molecule has 2 rings (SSSR count). The molecule has 0 aliphatic rings. The van der Waals surface area contributed by atoms with Crippen LogP contribution in [0.3, 0.4) is 0 Å². The first-order chi connectivity index (χ1) is 7.72. The van der Waals surface area contributed by atoms with E-state index in [2.05, 4.69) is 23.9 Å². The van der Waals surface area contributed by atoms with E-state index in [1.165, 1.54) is 0 Å². The van der Waals surface area contributed by atoms with Gasteiger partial charge in [0.1, 0.15) is 0 Å². The van der Waals surface area contributed by atoms with Crippen molar-refractivity contribution in [2.24, 2.45) is 0 Å². The molecule has 0 saturated heterocycles. The third kappa shape index (κ3) is 2.09. The van der Waals surface area contributed by atoms with Gasteiger partial charge in [-0.1, -0.05) is 13.8 Å².